The summed E-state index contributed by atoms with van der Waals surface area (Å²) in [5, 5.41) is 9.39. The highest BCUT2D eigenvalue weighted by molar-refractivity contribution is 5.76. The number of allylic oxidation sites excluding steroid dienone is 1. The molecule has 2 aliphatic carbocycles. The van der Waals surface area contributed by atoms with Crippen molar-refractivity contribution in [1.29, 1.82) is 0 Å². The molecule has 0 aromatic carbocycles. The van der Waals surface area contributed by atoms with Crippen molar-refractivity contribution in [2.75, 3.05) is 0 Å². The number of carbonyl (C=O) groups is 1. The van der Waals surface area contributed by atoms with Crippen molar-refractivity contribution >= 4 is 5.97 Å². The number of hydrogen-bond donors (Lipinski definition) is 1. The van der Waals surface area contributed by atoms with Gasteiger partial charge >= 0.3 is 5.97 Å². The van der Waals surface area contributed by atoms with Crippen LogP contribution in [0.25, 0.3) is 0 Å². The SMILES string of the molecule is C=C(C)CC1(C(=O)O)CC2CCC1C2. The van der Waals surface area contributed by atoms with E-state index in [-0.39, 0.29) is 0 Å². The molecule has 14 heavy (non-hydrogen) atoms. The second kappa shape index (κ2) is 3.11. The molecule has 2 rings (SSSR count). The summed E-state index contributed by atoms with van der Waals surface area (Å²) in [5.41, 5.74) is 0.564. The van der Waals surface area contributed by atoms with Gasteiger partial charge in [0.15, 0.2) is 0 Å². The third-order valence-corrected chi connectivity index (χ3v) is 4.02. The maximum absolute atomic E-state index is 11.4. The van der Waals surface area contributed by atoms with Gasteiger partial charge in [0.25, 0.3) is 0 Å². The molecule has 2 aliphatic rings. The molecular weight excluding hydrogens is 176 g/mol. The van der Waals surface area contributed by atoms with E-state index in [1.54, 1.807) is 0 Å². The van der Waals surface area contributed by atoms with Crippen LogP contribution in [0.1, 0.15) is 39.0 Å². The normalized spacial score (nSPS) is 40.1. The maximum atomic E-state index is 11.4. The zero-order valence-corrected chi connectivity index (χ0v) is 8.75. The van der Waals surface area contributed by atoms with Gasteiger partial charge in [0.1, 0.15) is 0 Å². The fraction of sp³-hybridized carbons (Fsp3) is 0.750. The number of carboxylic acid groups (broad SMARTS) is 1. The van der Waals surface area contributed by atoms with Crippen LogP contribution in [-0.2, 0) is 4.79 Å². The molecule has 0 aromatic heterocycles. The first-order valence-electron chi connectivity index (χ1n) is 5.42. The van der Waals surface area contributed by atoms with Gasteiger partial charge in [0.05, 0.1) is 5.41 Å². The Balaban J connectivity index is 2.24. The van der Waals surface area contributed by atoms with Crippen molar-refractivity contribution in [2.45, 2.75) is 39.0 Å². The lowest BCUT2D eigenvalue weighted by atomic mass is 9.69. The summed E-state index contributed by atoms with van der Waals surface area (Å²) in [5.74, 6) is 0.504. The molecule has 2 heteroatoms. The van der Waals surface area contributed by atoms with Crippen LogP contribution in [0.2, 0.25) is 0 Å². The highest BCUT2D eigenvalue weighted by Gasteiger charge is 2.55. The summed E-state index contributed by atoms with van der Waals surface area (Å²) in [6, 6.07) is 0. The molecule has 0 radical (unpaired) electrons. The van der Waals surface area contributed by atoms with Gasteiger partial charge in [0.2, 0.25) is 0 Å². The number of aliphatic carboxylic acids is 1. The van der Waals surface area contributed by atoms with Crippen LogP contribution in [0.4, 0.5) is 0 Å². The van der Waals surface area contributed by atoms with Crippen LogP contribution in [0, 0.1) is 17.3 Å². The Morgan fingerprint density at radius 1 is 1.57 bits per heavy atom. The Morgan fingerprint density at radius 2 is 2.29 bits per heavy atom. The predicted molar refractivity (Wildman–Crippen MR) is 54.9 cm³/mol. The molecule has 0 spiro atoms. The van der Waals surface area contributed by atoms with E-state index in [2.05, 4.69) is 6.58 Å². The smallest absolute Gasteiger partial charge is 0.310 e. The van der Waals surface area contributed by atoms with Crippen molar-refractivity contribution in [3.8, 4) is 0 Å². The first-order chi connectivity index (χ1) is 6.54. The lowest BCUT2D eigenvalue weighted by Crippen LogP contribution is -2.36. The molecule has 0 saturated heterocycles. The third-order valence-electron chi connectivity index (χ3n) is 4.02. The summed E-state index contributed by atoms with van der Waals surface area (Å²) >= 11 is 0. The van der Waals surface area contributed by atoms with E-state index in [0.717, 1.165) is 24.8 Å². The van der Waals surface area contributed by atoms with Crippen molar-refractivity contribution in [3.05, 3.63) is 12.2 Å². The van der Waals surface area contributed by atoms with Crippen LogP contribution in [0.3, 0.4) is 0 Å². The number of hydrogen-bond acceptors (Lipinski definition) is 1. The minimum atomic E-state index is -0.590. The third kappa shape index (κ3) is 1.28. The van der Waals surface area contributed by atoms with Crippen LogP contribution in [-0.4, -0.2) is 11.1 Å². The summed E-state index contributed by atoms with van der Waals surface area (Å²) in [4.78, 5) is 11.4. The summed E-state index contributed by atoms with van der Waals surface area (Å²) in [6.45, 7) is 5.81. The molecule has 2 fully saturated rings. The van der Waals surface area contributed by atoms with Crippen molar-refractivity contribution in [2.24, 2.45) is 17.3 Å². The molecule has 2 bridgehead atoms. The van der Waals surface area contributed by atoms with Gasteiger partial charge in [-0.05, 0) is 44.4 Å². The fourth-order valence-electron chi connectivity index (χ4n) is 3.54. The fourth-order valence-corrected chi connectivity index (χ4v) is 3.54. The maximum Gasteiger partial charge on any atom is 0.310 e. The zero-order chi connectivity index (χ0) is 10.3. The molecule has 2 nitrogen and oxygen atoms in total. The lowest BCUT2D eigenvalue weighted by Gasteiger charge is -2.33. The Morgan fingerprint density at radius 3 is 2.64 bits per heavy atom. The van der Waals surface area contributed by atoms with Gasteiger partial charge < -0.3 is 5.11 Å². The molecule has 1 N–H and O–H groups in total. The quantitative estimate of drug-likeness (QED) is 0.701. The van der Waals surface area contributed by atoms with Crippen LogP contribution < -0.4 is 0 Å². The van der Waals surface area contributed by atoms with E-state index in [9.17, 15) is 9.90 Å². The number of rotatable bonds is 3. The highest BCUT2D eigenvalue weighted by atomic mass is 16.4. The Labute approximate surface area is 85.0 Å². The van der Waals surface area contributed by atoms with E-state index in [1.807, 2.05) is 6.92 Å². The van der Waals surface area contributed by atoms with Gasteiger partial charge in [-0.2, -0.15) is 0 Å². The second-order valence-electron chi connectivity index (χ2n) is 5.18. The first-order valence-corrected chi connectivity index (χ1v) is 5.42. The topological polar surface area (TPSA) is 37.3 Å². The van der Waals surface area contributed by atoms with E-state index in [0.29, 0.717) is 18.3 Å². The minimum Gasteiger partial charge on any atom is -0.481 e. The number of fused-ring (bicyclic) bond motifs is 2. The van der Waals surface area contributed by atoms with E-state index < -0.39 is 11.4 Å². The van der Waals surface area contributed by atoms with Gasteiger partial charge in [-0.15, -0.1) is 6.58 Å². The molecule has 3 atom stereocenters. The van der Waals surface area contributed by atoms with Crippen LogP contribution >= 0.6 is 0 Å². The van der Waals surface area contributed by atoms with E-state index in [1.165, 1.54) is 6.42 Å². The standard InChI is InChI=1S/C12H18O2/c1-8(2)6-12(11(13)14)7-9-3-4-10(12)5-9/h9-10H,1,3-7H2,2H3,(H,13,14). The molecule has 78 valence electrons. The molecule has 0 aliphatic heterocycles. The van der Waals surface area contributed by atoms with E-state index in [4.69, 9.17) is 0 Å². The van der Waals surface area contributed by atoms with Crippen molar-refractivity contribution in [1.82, 2.24) is 0 Å². The summed E-state index contributed by atoms with van der Waals surface area (Å²) in [7, 11) is 0. The van der Waals surface area contributed by atoms with Gasteiger partial charge in [-0.3, -0.25) is 4.79 Å². The largest absolute Gasteiger partial charge is 0.481 e. The van der Waals surface area contributed by atoms with E-state index >= 15 is 0 Å². The highest BCUT2D eigenvalue weighted by Crippen LogP contribution is 2.58. The lowest BCUT2D eigenvalue weighted by molar-refractivity contribution is -0.152. The molecule has 2 saturated carbocycles. The predicted octanol–water partition coefficient (Wildman–Crippen LogP) is 2.84. The molecular formula is C12H18O2. The molecule has 0 aromatic rings. The zero-order valence-electron chi connectivity index (χ0n) is 8.75. The van der Waals surface area contributed by atoms with Gasteiger partial charge in [0, 0.05) is 0 Å². The Kier molecular flexibility index (Phi) is 2.17. The average Bonchev–Trinajstić information content (AvgIpc) is 2.61. The average molecular weight is 194 g/mol. The van der Waals surface area contributed by atoms with Crippen molar-refractivity contribution < 1.29 is 9.90 Å². The monoisotopic (exact) mass is 194 g/mol. The molecule has 3 unspecified atom stereocenters. The van der Waals surface area contributed by atoms with Gasteiger partial charge in [-0.1, -0.05) is 12.0 Å². The second-order valence-corrected chi connectivity index (χ2v) is 5.18. The summed E-state index contributed by atoms with van der Waals surface area (Å²) in [6.07, 6.45) is 5.07. The number of carboxylic acids is 1. The first kappa shape index (κ1) is 9.75. The molecule has 0 amide bonds. The molecule has 0 heterocycles. The summed E-state index contributed by atoms with van der Waals surface area (Å²) < 4.78 is 0. The van der Waals surface area contributed by atoms with Crippen LogP contribution in [0.5, 0.6) is 0 Å². The van der Waals surface area contributed by atoms with Crippen LogP contribution in [0.15, 0.2) is 12.2 Å². The van der Waals surface area contributed by atoms with Crippen molar-refractivity contribution in [3.63, 3.8) is 0 Å². The van der Waals surface area contributed by atoms with Gasteiger partial charge in [-0.25, -0.2) is 0 Å². The Hall–Kier alpha value is -0.790. The Bertz CT molecular complexity index is 282. The minimum absolute atomic E-state index is 0.418.